The molecule has 11 heteroatoms. The van der Waals surface area contributed by atoms with Crippen molar-refractivity contribution in [3.8, 4) is 0 Å². The van der Waals surface area contributed by atoms with E-state index in [0.717, 1.165) is 33.4 Å². The minimum absolute atomic E-state index is 0.0576. The number of hydrogen-bond donors (Lipinski definition) is 0. The molecule has 0 aromatic heterocycles. The third kappa shape index (κ3) is 13.2. The van der Waals surface area contributed by atoms with Crippen LogP contribution in [0.4, 0.5) is 0 Å². The van der Waals surface area contributed by atoms with Crippen molar-refractivity contribution in [1.82, 2.24) is 0 Å². The van der Waals surface area contributed by atoms with Gasteiger partial charge in [-0.15, -0.1) is 0 Å². The molecule has 0 N–H and O–H groups in total. The molecule has 7 aromatic carbocycles. The van der Waals surface area contributed by atoms with E-state index in [1.165, 1.54) is 0 Å². The van der Waals surface area contributed by atoms with Crippen LogP contribution in [0.5, 0.6) is 0 Å². The summed E-state index contributed by atoms with van der Waals surface area (Å²) >= 11 is 0. The van der Waals surface area contributed by atoms with Crippen molar-refractivity contribution < 1.29 is 47.0 Å². The van der Waals surface area contributed by atoms with Crippen LogP contribution in [-0.4, -0.2) is 62.0 Å². The van der Waals surface area contributed by atoms with Crippen LogP contribution in [0.25, 0.3) is 0 Å². The van der Waals surface area contributed by atoms with Crippen LogP contribution >= 0.6 is 7.37 Å². The first kappa shape index (κ1) is 48.4. The van der Waals surface area contributed by atoms with Crippen LogP contribution in [0.3, 0.4) is 0 Å². The molecule has 0 amide bonds. The number of rotatable bonds is 23. The van der Waals surface area contributed by atoms with Crippen molar-refractivity contribution in [2.24, 2.45) is 0 Å². The lowest BCUT2D eigenvalue weighted by atomic mass is 10.1. The molecule has 69 heavy (non-hydrogen) atoms. The smallest absolute Gasteiger partial charge is 0.263 e. The van der Waals surface area contributed by atoms with Gasteiger partial charge in [-0.05, 0) is 45.5 Å². The molecule has 9 atom stereocenters. The molecule has 2 aliphatic rings. The first-order valence-electron chi connectivity index (χ1n) is 23.6. The normalized spacial score (nSPS) is 24.5. The lowest BCUT2D eigenvalue weighted by Gasteiger charge is -2.46. The third-order valence-corrected chi connectivity index (χ3v) is 14.9. The van der Waals surface area contributed by atoms with Crippen LogP contribution in [0.1, 0.15) is 33.4 Å². The van der Waals surface area contributed by atoms with Crippen LogP contribution < -0.4 is 5.30 Å². The first-order valence-corrected chi connectivity index (χ1v) is 25.3. The van der Waals surface area contributed by atoms with Gasteiger partial charge < -0.3 is 42.4 Å². The molecule has 0 spiro atoms. The van der Waals surface area contributed by atoms with E-state index in [0.29, 0.717) is 18.5 Å². The Hall–Kier alpha value is -5.59. The van der Waals surface area contributed by atoms with Crippen molar-refractivity contribution in [2.75, 3.05) is 13.2 Å². The summed E-state index contributed by atoms with van der Waals surface area (Å²) in [4.78, 5) is 0. The van der Waals surface area contributed by atoms with Crippen molar-refractivity contribution in [2.45, 2.75) is 88.4 Å². The van der Waals surface area contributed by atoms with Gasteiger partial charge in [0.2, 0.25) is 0 Å². The second-order valence-corrected chi connectivity index (χ2v) is 19.6. The summed E-state index contributed by atoms with van der Waals surface area (Å²) in [7, 11) is -4.09. The maximum atomic E-state index is 16.4. The van der Waals surface area contributed by atoms with E-state index >= 15 is 4.57 Å². The van der Waals surface area contributed by atoms with E-state index in [1.54, 1.807) is 0 Å². The molecular weight excluding hydrogens is 888 g/mol. The Labute approximate surface area is 405 Å². The van der Waals surface area contributed by atoms with Gasteiger partial charge in [0.25, 0.3) is 7.37 Å². The summed E-state index contributed by atoms with van der Waals surface area (Å²) in [6, 6.07) is 68.8. The summed E-state index contributed by atoms with van der Waals surface area (Å²) in [5, 5.41) is 0.456. The number of ether oxygens (including phenoxy) is 8. The summed E-state index contributed by atoms with van der Waals surface area (Å²) in [5.41, 5.74) is 5.81. The van der Waals surface area contributed by atoms with Gasteiger partial charge in [-0.2, -0.15) is 0 Å². The van der Waals surface area contributed by atoms with E-state index in [1.807, 2.05) is 212 Å². The molecule has 7 aromatic rings. The van der Waals surface area contributed by atoms with E-state index in [4.69, 9.17) is 42.4 Å². The Morgan fingerprint density at radius 2 is 0.681 bits per heavy atom. The summed E-state index contributed by atoms with van der Waals surface area (Å²) in [6.07, 6.45) is -5.95. The molecule has 0 saturated carbocycles. The fourth-order valence-electron chi connectivity index (χ4n) is 8.65. The van der Waals surface area contributed by atoms with Crippen molar-refractivity contribution in [1.29, 1.82) is 0 Å². The maximum absolute atomic E-state index is 16.4. The second-order valence-electron chi connectivity index (χ2n) is 17.2. The highest BCUT2D eigenvalue weighted by Gasteiger charge is 2.59. The average molecular weight is 947 g/mol. The van der Waals surface area contributed by atoms with Gasteiger partial charge in [0.1, 0.15) is 36.6 Å². The fraction of sp³-hybridized carbons (Fsp3) is 0.276. The standard InChI is InChI=1S/C58H59O10P/c59-69(50-34-20-7-21-35-50)58(56(65-41-49-32-18-6-19-33-49)54(63-39-47-28-14-4-15-29-47)52(68-69)43-61-37-45-24-10-2-11-25-45)67-57-55(64-40-48-30-16-5-17-31-48)53(62-38-46-26-12-3-13-27-46)51(66-57)42-60-36-44-22-8-1-9-23-44/h1-35,51-58H,36-43H2/t51-,52-,53-,54-,55-,56+,57?,58+,69+/m1/s1. The second kappa shape index (κ2) is 24.8. The molecular formula is C58H59O10P. The van der Waals surface area contributed by atoms with E-state index in [-0.39, 0.29) is 39.6 Å². The Bertz CT molecular complexity index is 2580. The highest BCUT2D eigenvalue weighted by Crippen LogP contribution is 2.59. The largest absolute Gasteiger partial charge is 0.374 e. The van der Waals surface area contributed by atoms with Gasteiger partial charge in [-0.3, -0.25) is 4.57 Å². The van der Waals surface area contributed by atoms with Crippen LogP contribution in [0, 0.1) is 0 Å². The molecule has 2 aliphatic heterocycles. The molecule has 2 fully saturated rings. The monoisotopic (exact) mass is 946 g/mol. The zero-order chi connectivity index (χ0) is 46.9. The Morgan fingerprint density at radius 3 is 1.09 bits per heavy atom. The fourth-order valence-corrected chi connectivity index (χ4v) is 11.3. The van der Waals surface area contributed by atoms with Crippen LogP contribution in [-0.2, 0) is 86.6 Å². The van der Waals surface area contributed by atoms with Crippen molar-refractivity contribution in [3.63, 3.8) is 0 Å². The van der Waals surface area contributed by atoms with E-state index in [9.17, 15) is 0 Å². The first-order chi connectivity index (χ1) is 34.1. The Kier molecular flexibility index (Phi) is 17.4. The maximum Gasteiger partial charge on any atom is 0.263 e. The molecule has 0 radical (unpaired) electrons. The summed E-state index contributed by atoms with van der Waals surface area (Å²) in [6.45, 7) is 1.78. The Morgan fingerprint density at radius 1 is 0.362 bits per heavy atom. The molecule has 356 valence electrons. The SMILES string of the molecule is O=[P@@]1(c2ccccc2)O[C@H](COCc2ccccc2)[C@@H](OCc2ccccc2)[C@H](OCc2ccccc2)[C@H]1OC1O[C@H](COCc2ccccc2)[C@@H](OCc2ccccc2)[C@H]1OCc1ccccc1. The molecule has 1 unspecified atom stereocenters. The molecule has 2 heterocycles. The van der Waals surface area contributed by atoms with Gasteiger partial charge in [0, 0.05) is 5.30 Å². The molecule has 0 aliphatic carbocycles. The lowest BCUT2D eigenvalue weighted by molar-refractivity contribution is -0.240. The van der Waals surface area contributed by atoms with Crippen molar-refractivity contribution >= 4 is 12.7 Å². The van der Waals surface area contributed by atoms with Gasteiger partial charge in [0.15, 0.2) is 12.1 Å². The van der Waals surface area contributed by atoms with Gasteiger partial charge in [-0.25, -0.2) is 0 Å². The zero-order valence-corrected chi connectivity index (χ0v) is 39.4. The minimum Gasteiger partial charge on any atom is -0.374 e. The summed E-state index contributed by atoms with van der Waals surface area (Å²) < 4.78 is 78.1. The Balaban J connectivity index is 1.10. The molecule has 10 nitrogen and oxygen atoms in total. The quantitative estimate of drug-likeness (QED) is 0.0576. The van der Waals surface area contributed by atoms with E-state index < -0.39 is 56.1 Å². The van der Waals surface area contributed by atoms with Gasteiger partial charge >= 0.3 is 0 Å². The molecule has 9 rings (SSSR count). The third-order valence-electron chi connectivity index (χ3n) is 12.2. The summed E-state index contributed by atoms with van der Waals surface area (Å²) in [5.74, 6) is -1.26. The topological polar surface area (TPSA) is 100 Å². The minimum atomic E-state index is -4.09. The number of benzene rings is 7. The predicted molar refractivity (Wildman–Crippen MR) is 264 cm³/mol. The van der Waals surface area contributed by atoms with Gasteiger partial charge in [-0.1, -0.05) is 200 Å². The number of hydrogen-bond acceptors (Lipinski definition) is 10. The predicted octanol–water partition coefficient (Wildman–Crippen LogP) is 10.8. The molecule has 0 bridgehead atoms. The van der Waals surface area contributed by atoms with Crippen LogP contribution in [0.2, 0.25) is 0 Å². The molecule has 2 saturated heterocycles. The van der Waals surface area contributed by atoms with Gasteiger partial charge in [0.05, 0.1) is 52.9 Å². The average Bonchev–Trinajstić information content (AvgIpc) is 3.74. The highest BCUT2D eigenvalue weighted by molar-refractivity contribution is 7.67. The van der Waals surface area contributed by atoms with E-state index in [2.05, 4.69) is 0 Å². The lowest BCUT2D eigenvalue weighted by Crippen LogP contribution is -2.57. The zero-order valence-electron chi connectivity index (χ0n) is 38.5. The van der Waals surface area contributed by atoms with Crippen LogP contribution in [0.15, 0.2) is 212 Å². The highest BCUT2D eigenvalue weighted by atomic mass is 31.2. The van der Waals surface area contributed by atoms with Crippen molar-refractivity contribution in [3.05, 3.63) is 246 Å².